The number of urea groups is 1. The molecule has 4 heteroatoms. The molecule has 4 nitrogen and oxygen atoms in total. The second-order valence-electron chi connectivity index (χ2n) is 2.49. The van der Waals surface area contributed by atoms with Crippen molar-refractivity contribution in [2.24, 2.45) is 5.73 Å². The first kappa shape index (κ1) is 7.05. The van der Waals surface area contributed by atoms with Gasteiger partial charge >= 0.3 is 6.03 Å². The molecule has 2 amide bonds. The fourth-order valence-corrected chi connectivity index (χ4v) is 1.14. The smallest absolute Gasteiger partial charge is 0.312 e. The number of carbonyl (C=O) groups is 2. The summed E-state index contributed by atoms with van der Waals surface area (Å²) in [4.78, 5) is 20.9. The molecule has 10 heavy (non-hydrogen) atoms. The lowest BCUT2D eigenvalue weighted by Gasteiger charge is -2.06. The molecular weight excluding hydrogens is 132 g/mol. The number of Topliss-reactive ketones (excluding diaryl/α,β-unsaturated/α-hetero) is 1. The summed E-state index contributed by atoms with van der Waals surface area (Å²) < 4.78 is 0. The van der Waals surface area contributed by atoms with Crippen LogP contribution in [0.25, 0.3) is 0 Å². The lowest BCUT2D eigenvalue weighted by atomic mass is 10.2. The van der Waals surface area contributed by atoms with Gasteiger partial charge in [0.25, 0.3) is 0 Å². The molecule has 1 unspecified atom stereocenters. The van der Waals surface area contributed by atoms with Crippen molar-refractivity contribution < 1.29 is 9.59 Å². The summed E-state index contributed by atoms with van der Waals surface area (Å²) in [5.74, 6) is 0.207. The van der Waals surface area contributed by atoms with Crippen molar-refractivity contribution >= 4 is 11.8 Å². The summed E-state index contributed by atoms with van der Waals surface area (Å²) in [7, 11) is 0. The van der Waals surface area contributed by atoms with Gasteiger partial charge in [0.1, 0.15) is 5.78 Å². The van der Waals surface area contributed by atoms with E-state index in [0.29, 0.717) is 12.8 Å². The van der Waals surface area contributed by atoms with Gasteiger partial charge < -0.3 is 11.1 Å². The second kappa shape index (κ2) is 2.68. The molecule has 3 N–H and O–H groups in total. The SMILES string of the molecule is NC(=O)NC1CCC(=O)C1. The van der Waals surface area contributed by atoms with Crippen molar-refractivity contribution in [3.63, 3.8) is 0 Å². The van der Waals surface area contributed by atoms with Crippen LogP contribution < -0.4 is 11.1 Å². The Morgan fingerprint density at radius 3 is 2.80 bits per heavy atom. The van der Waals surface area contributed by atoms with E-state index in [4.69, 9.17) is 5.73 Å². The molecule has 1 atom stereocenters. The Kier molecular flexibility index (Phi) is 1.89. The van der Waals surface area contributed by atoms with Gasteiger partial charge in [0.2, 0.25) is 0 Å². The molecule has 0 aliphatic heterocycles. The monoisotopic (exact) mass is 142 g/mol. The third kappa shape index (κ3) is 1.72. The van der Waals surface area contributed by atoms with Crippen molar-refractivity contribution in [3.8, 4) is 0 Å². The molecule has 0 radical (unpaired) electrons. The van der Waals surface area contributed by atoms with E-state index in [-0.39, 0.29) is 11.8 Å². The van der Waals surface area contributed by atoms with Gasteiger partial charge in [-0.25, -0.2) is 4.79 Å². The van der Waals surface area contributed by atoms with Crippen molar-refractivity contribution in [1.82, 2.24) is 5.32 Å². The average molecular weight is 142 g/mol. The lowest BCUT2D eigenvalue weighted by Crippen LogP contribution is -2.37. The summed E-state index contributed by atoms with van der Waals surface area (Å²) in [5.41, 5.74) is 4.86. The van der Waals surface area contributed by atoms with Crippen molar-refractivity contribution in [1.29, 1.82) is 0 Å². The molecule has 0 heterocycles. The van der Waals surface area contributed by atoms with Crippen LogP contribution in [0.1, 0.15) is 19.3 Å². The maximum atomic E-state index is 10.6. The number of hydrogen-bond donors (Lipinski definition) is 2. The predicted molar refractivity (Wildman–Crippen MR) is 35.4 cm³/mol. The molecule has 0 saturated heterocycles. The Labute approximate surface area is 58.8 Å². The first-order valence-corrected chi connectivity index (χ1v) is 3.26. The number of nitrogens with two attached hydrogens (primary N) is 1. The second-order valence-corrected chi connectivity index (χ2v) is 2.49. The average Bonchev–Trinajstić information content (AvgIpc) is 2.13. The standard InChI is InChI=1S/C6H10N2O2/c7-6(10)8-4-1-2-5(9)3-4/h4H,1-3H2,(H3,7,8,10). The highest BCUT2D eigenvalue weighted by Crippen LogP contribution is 2.13. The van der Waals surface area contributed by atoms with E-state index in [1.165, 1.54) is 0 Å². The lowest BCUT2D eigenvalue weighted by molar-refractivity contribution is -0.117. The number of primary amides is 1. The zero-order valence-electron chi connectivity index (χ0n) is 5.59. The van der Waals surface area contributed by atoms with Gasteiger partial charge in [-0.1, -0.05) is 0 Å². The Balaban J connectivity index is 2.31. The molecule has 0 aromatic rings. The van der Waals surface area contributed by atoms with Gasteiger partial charge in [-0.3, -0.25) is 4.79 Å². The Morgan fingerprint density at radius 1 is 1.70 bits per heavy atom. The fourth-order valence-electron chi connectivity index (χ4n) is 1.14. The number of amides is 2. The molecular formula is C6H10N2O2. The Morgan fingerprint density at radius 2 is 2.40 bits per heavy atom. The molecule has 1 rings (SSSR count). The molecule has 0 aromatic heterocycles. The number of hydrogen-bond acceptors (Lipinski definition) is 2. The van der Waals surface area contributed by atoms with E-state index in [2.05, 4.69) is 5.32 Å². The summed E-state index contributed by atoms with van der Waals surface area (Å²) in [6.45, 7) is 0. The molecule has 0 aromatic carbocycles. The van der Waals surface area contributed by atoms with Crippen molar-refractivity contribution in [2.75, 3.05) is 0 Å². The van der Waals surface area contributed by atoms with Crippen LogP contribution >= 0.6 is 0 Å². The van der Waals surface area contributed by atoms with Gasteiger partial charge in [0.15, 0.2) is 0 Å². The van der Waals surface area contributed by atoms with Gasteiger partial charge in [0.05, 0.1) is 0 Å². The molecule has 0 bridgehead atoms. The third-order valence-electron chi connectivity index (χ3n) is 1.59. The maximum absolute atomic E-state index is 10.6. The molecule has 1 saturated carbocycles. The third-order valence-corrected chi connectivity index (χ3v) is 1.59. The van der Waals surface area contributed by atoms with Crippen LogP contribution in [0, 0.1) is 0 Å². The summed E-state index contributed by atoms with van der Waals surface area (Å²) >= 11 is 0. The van der Waals surface area contributed by atoms with Gasteiger partial charge in [-0.2, -0.15) is 0 Å². The molecule has 56 valence electrons. The number of nitrogens with one attached hydrogen (secondary N) is 1. The van der Waals surface area contributed by atoms with Gasteiger partial charge in [0, 0.05) is 18.9 Å². The first-order chi connectivity index (χ1) is 4.68. The van der Waals surface area contributed by atoms with Crippen molar-refractivity contribution in [2.45, 2.75) is 25.3 Å². The van der Waals surface area contributed by atoms with Crippen molar-refractivity contribution in [3.05, 3.63) is 0 Å². The highest BCUT2D eigenvalue weighted by Gasteiger charge is 2.22. The normalized spacial score (nSPS) is 24.8. The van der Waals surface area contributed by atoms with Crippen LogP contribution in [-0.2, 0) is 4.79 Å². The van der Waals surface area contributed by atoms with Crippen LogP contribution in [0.15, 0.2) is 0 Å². The largest absolute Gasteiger partial charge is 0.352 e. The summed E-state index contributed by atoms with van der Waals surface area (Å²) in [6.07, 6.45) is 1.76. The molecule has 1 fully saturated rings. The first-order valence-electron chi connectivity index (χ1n) is 3.26. The van der Waals surface area contributed by atoms with Crippen LogP contribution in [0.4, 0.5) is 4.79 Å². The number of carbonyl (C=O) groups excluding carboxylic acids is 2. The fraction of sp³-hybridized carbons (Fsp3) is 0.667. The Hall–Kier alpha value is -1.06. The maximum Gasteiger partial charge on any atom is 0.312 e. The van der Waals surface area contributed by atoms with Crippen LogP contribution in [-0.4, -0.2) is 17.9 Å². The summed E-state index contributed by atoms with van der Waals surface area (Å²) in [5, 5.41) is 2.49. The minimum atomic E-state index is -0.542. The minimum Gasteiger partial charge on any atom is -0.352 e. The van der Waals surface area contributed by atoms with E-state index < -0.39 is 6.03 Å². The minimum absolute atomic E-state index is 0.00926. The summed E-state index contributed by atoms with van der Waals surface area (Å²) in [6, 6.07) is -0.551. The van der Waals surface area contributed by atoms with E-state index in [0.717, 1.165) is 6.42 Å². The molecule has 1 aliphatic carbocycles. The van der Waals surface area contributed by atoms with Gasteiger partial charge in [-0.05, 0) is 6.42 Å². The van der Waals surface area contributed by atoms with E-state index >= 15 is 0 Å². The highest BCUT2D eigenvalue weighted by atomic mass is 16.2. The highest BCUT2D eigenvalue weighted by molar-refractivity contribution is 5.82. The van der Waals surface area contributed by atoms with Gasteiger partial charge in [-0.15, -0.1) is 0 Å². The Bertz CT molecular complexity index is 167. The van der Waals surface area contributed by atoms with Crippen LogP contribution in [0.2, 0.25) is 0 Å². The molecule has 1 aliphatic rings. The topological polar surface area (TPSA) is 72.2 Å². The predicted octanol–water partition coefficient (Wildman–Crippen LogP) is -0.224. The van der Waals surface area contributed by atoms with E-state index in [1.54, 1.807) is 0 Å². The zero-order chi connectivity index (χ0) is 7.56. The van der Waals surface area contributed by atoms with Crippen LogP contribution in [0.3, 0.4) is 0 Å². The quantitative estimate of drug-likeness (QED) is 0.531. The van der Waals surface area contributed by atoms with E-state index in [9.17, 15) is 9.59 Å². The number of ketones is 1. The van der Waals surface area contributed by atoms with Crippen LogP contribution in [0.5, 0.6) is 0 Å². The number of rotatable bonds is 1. The zero-order valence-corrected chi connectivity index (χ0v) is 5.59. The molecule has 0 spiro atoms. The van der Waals surface area contributed by atoms with E-state index in [1.807, 2.05) is 0 Å².